The molecular weight excluding hydrogens is 388 g/mol. The number of halogens is 1. The van der Waals surface area contributed by atoms with E-state index in [1.165, 1.54) is 4.90 Å². The lowest BCUT2D eigenvalue weighted by Gasteiger charge is -2.16. The van der Waals surface area contributed by atoms with E-state index >= 15 is 0 Å². The highest BCUT2D eigenvalue weighted by Crippen LogP contribution is 2.33. The number of rotatable bonds is 4. The highest BCUT2D eigenvalue weighted by Gasteiger charge is 2.41. The molecule has 0 bridgehead atoms. The number of amides is 1. The second-order valence-electron chi connectivity index (χ2n) is 5.88. The third kappa shape index (κ3) is 4.17. The summed E-state index contributed by atoms with van der Waals surface area (Å²) in [5, 5.41) is 9.50. The molecule has 1 aliphatic heterocycles. The summed E-state index contributed by atoms with van der Waals surface area (Å²) in [6, 6.07) is 14.7. The minimum atomic E-state index is -0.940. The van der Waals surface area contributed by atoms with Crippen molar-refractivity contribution >= 4 is 28.0 Å². The fourth-order valence-electron chi connectivity index (χ4n) is 2.94. The fourth-order valence-corrected chi connectivity index (χ4v) is 3.30. The van der Waals surface area contributed by atoms with E-state index in [4.69, 9.17) is 4.74 Å². The summed E-state index contributed by atoms with van der Waals surface area (Å²) in [5.41, 5.74) is 1.54. The van der Waals surface area contributed by atoms with Crippen molar-refractivity contribution < 1.29 is 19.4 Å². The standard InChI is InChI=1S/C18H17BrN2O4/c19-16-8-4-7-15(20-16)13-9-21(10-14(13)17(22)23)18(24)25-11-12-5-2-1-3-6-12/h1-8,13-14H,9-11H2,(H,22,23). The van der Waals surface area contributed by atoms with Crippen LogP contribution in [-0.2, 0) is 16.1 Å². The first kappa shape index (κ1) is 17.4. The number of carboxylic acid groups (broad SMARTS) is 1. The number of hydrogen-bond donors (Lipinski definition) is 1. The summed E-state index contributed by atoms with van der Waals surface area (Å²) < 4.78 is 5.95. The second-order valence-corrected chi connectivity index (χ2v) is 6.69. The van der Waals surface area contributed by atoms with Gasteiger partial charge in [0.15, 0.2) is 0 Å². The van der Waals surface area contributed by atoms with Crippen molar-refractivity contribution in [1.29, 1.82) is 0 Å². The van der Waals surface area contributed by atoms with Crippen LogP contribution < -0.4 is 0 Å². The van der Waals surface area contributed by atoms with E-state index in [9.17, 15) is 14.7 Å². The molecule has 2 unspecified atom stereocenters. The van der Waals surface area contributed by atoms with Crippen molar-refractivity contribution in [2.75, 3.05) is 13.1 Å². The van der Waals surface area contributed by atoms with Crippen LogP contribution >= 0.6 is 15.9 Å². The number of carbonyl (C=O) groups is 2. The molecule has 1 N–H and O–H groups in total. The van der Waals surface area contributed by atoms with E-state index in [1.54, 1.807) is 12.1 Å². The Morgan fingerprint density at radius 2 is 1.92 bits per heavy atom. The van der Waals surface area contributed by atoms with Crippen LogP contribution in [0.3, 0.4) is 0 Å². The van der Waals surface area contributed by atoms with E-state index in [0.29, 0.717) is 10.3 Å². The first-order chi connectivity index (χ1) is 12.0. The summed E-state index contributed by atoms with van der Waals surface area (Å²) >= 11 is 3.30. The van der Waals surface area contributed by atoms with Crippen LogP contribution in [0.1, 0.15) is 17.2 Å². The van der Waals surface area contributed by atoms with Crippen molar-refractivity contribution in [2.45, 2.75) is 12.5 Å². The lowest BCUT2D eigenvalue weighted by Crippen LogP contribution is -2.30. The lowest BCUT2D eigenvalue weighted by atomic mass is 9.93. The summed E-state index contributed by atoms with van der Waals surface area (Å²) in [7, 11) is 0. The van der Waals surface area contributed by atoms with Crippen molar-refractivity contribution in [1.82, 2.24) is 9.88 Å². The van der Waals surface area contributed by atoms with Crippen LogP contribution in [0.15, 0.2) is 53.1 Å². The van der Waals surface area contributed by atoms with Crippen molar-refractivity contribution in [3.05, 3.63) is 64.4 Å². The summed E-state index contributed by atoms with van der Waals surface area (Å²) in [6.45, 7) is 0.545. The molecular formula is C18H17BrN2O4. The van der Waals surface area contributed by atoms with Gasteiger partial charge in [-0.25, -0.2) is 9.78 Å². The SMILES string of the molecule is O=C(O)C1CN(C(=O)OCc2ccccc2)CC1c1cccc(Br)n1. The highest BCUT2D eigenvalue weighted by molar-refractivity contribution is 9.10. The number of carboxylic acids is 1. The Bertz CT molecular complexity index is 769. The van der Waals surface area contributed by atoms with Crippen molar-refractivity contribution in [2.24, 2.45) is 5.92 Å². The molecule has 1 aliphatic rings. The number of benzene rings is 1. The molecule has 7 heteroatoms. The van der Waals surface area contributed by atoms with E-state index in [0.717, 1.165) is 5.56 Å². The minimum absolute atomic E-state index is 0.113. The Morgan fingerprint density at radius 3 is 2.60 bits per heavy atom. The van der Waals surface area contributed by atoms with E-state index in [2.05, 4.69) is 20.9 Å². The Kier molecular flexibility index (Phi) is 5.33. The Morgan fingerprint density at radius 1 is 1.16 bits per heavy atom. The fraction of sp³-hybridized carbons (Fsp3) is 0.278. The summed E-state index contributed by atoms with van der Waals surface area (Å²) in [6.07, 6.45) is -0.507. The predicted molar refractivity (Wildman–Crippen MR) is 94.0 cm³/mol. The van der Waals surface area contributed by atoms with Gasteiger partial charge in [0.05, 0.1) is 5.92 Å². The van der Waals surface area contributed by atoms with Crippen molar-refractivity contribution in [3.8, 4) is 0 Å². The molecule has 2 aromatic rings. The molecule has 1 aromatic carbocycles. The zero-order valence-corrected chi connectivity index (χ0v) is 14.9. The monoisotopic (exact) mass is 404 g/mol. The molecule has 3 rings (SSSR count). The normalized spacial score (nSPS) is 19.6. The molecule has 2 heterocycles. The Hall–Kier alpha value is -2.41. The molecule has 130 valence electrons. The number of aromatic nitrogens is 1. The average molecular weight is 405 g/mol. The molecule has 6 nitrogen and oxygen atoms in total. The molecule has 0 aliphatic carbocycles. The van der Waals surface area contributed by atoms with E-state index in [-0.39, 0.29) is 25.6 Å². The molecule has 1 saturated heterocycles. The number of pyridine rings is 1. The van der Waals surface area contributed by atoms with Gasteiger partial charge in [0.1, 0.15) is 11.2 Å². The van der Waals surface area contributed by atoms with Gasteiger partial charge in [-0.2, -0.15) is 0 Å². The van der Waals surface area contributed by atoms with E-state index < -0.39 is 18.0 Å². The molecule has 1 amide bonds. The van der Waals surface area contributed by atoms with Crippen LogP contribution in [0.2, 0.25) is 0 Å². The number of ether oxygens (including phenoxy) is 1. The smallest absolute Gasteiger partial charge is 0.410 e. The van der Waals surface area contributed by atoms with Gasteiger partial charge in [0, 0.05) is 24.7 Å². The quantitative estimate of drug-likeness (QED) is 0.790. The Labute approximate surface area is 153 Å². The van der Waals surface area contributed by atoms with Crippen molar-refractivity contribution in [3.63, 3.8) is 0 Å². The maximum absolute atomic E-state index is 12.3. The molecule has 25 heavy (non-hydrogen) atoms. The number of hydrogen-bond acceptors (Lipinski definition) is 4. The number of aliphatic carboxylic acids is 1. The van der Waals surface area contributed by atoms with Gasteiger partial charge in [0.2, 0.25) is 0 Å². The topological polar surface area (TPSA) is 79.7 Å². The van der Waals surface area contributed by atoms with Gasteiger partial charge >= 0.3 is 12.1 Å². The van der Waals surface area contributed by atoms with Crippen LogP contribution in [0, 0.1) is 5.92 Å². The maximum atomic E-state index is 12.3. The van der Waals surface area contributed by atoms with Gasteiger partial charge in [-0.1, -0.05) is 36.4 Å². The Balaban J connectivity index is 1.69. The predicted octanol–water partition coefficient (Wildman–Crippen LogP) is 3.28. The molecule has 0 spiro atoms. The molecule has 2 atom stereocenters. The highest BCUT2D eigenvalue weighted by atomic mass is 79.9. The van der Waals surface area contributed by atoms with Crippen LogP contribution in [0.5, 0.6) is 0 Å². The first-order valence-electron chi connectivity index (χ1n) is 7.85. The third-order valence-corrected chi connectivity index (χ3v) is 4.66. The second kappa shape index (κ2) is 7.65. The van der Waals surface area contributed by atoms with Gasteiger partial charge in [-0.15, -0.1) is 0 Å². The molecule has 1 aromatic heterocycles. The van der Waals surface area contributed by atoms with Gasteiger partial charge < -0.3 is 14.7 Å². The average Bonchev–Trinajstić information content (AvgIpc) is 3.06. The first-order valence-corrected chi connectivity index (χ1v) is 8.65. The lowest BCUT2D eigenvalue weighted by molar-refractivity contribution is -0.141. The largest absolute Gasteiger partial charge is 0.481 e. The van der Waals surface area contributed by atoms with Gasteiger partial charge in [0.25, 0.3) is 0 Å². The molecule has 0 radical (unpaired) electrons. The van der Waals surface area contributed by atoms with Crippen LogP contribution in [0.25, 0.3) is 0 Å². The van der Waals surface area contributed by atoms with E-state index in [1.807, 2.05) is 36.4 Å². The van der Waals surface area contributed by atoms with Crippen LogP contribution in [-0.4, -0.2) is 40.1 Å². The van der Waals surface area contributed by atoms with Gasteiger partial charge in [-0.05, 0) is 33.6 Å². The summed E-state index contributed by atoms with van der Waals surface area (Å²) in [4.78, 5) is 29.7. The minimum Gasteiger partial charge on any atom is -0.481 e. The zero-order valence-electron chi connectivity index (χ0n) is 13.3. The maximum Gasteiger partial charge on any atom is 0.410 e. The number of nitrogens with zero attached hydrogens (tertiary/aromatic N) is 2. The molecule has 0 saturated carbocycles. The number of likely N-dealkylation sites (tertiary alicyclic amines) is 1. The third-order valence-electron chi connectivity index (χ3n) is 4.22. The number of carbonyl (C=O) groups excluding carboxylic acids is 1. The van der Waals surface area contributed by atoms with Crippen LogP contribution in [0.4, 0.5) is 4.79 Å². The zero-order chi connectivity index (χ0) is 17.8. The van der Waals surface area contributed by atoms with Gasteiger partial charge in [-0.3, -0.25) is 4.79 Å². The summed E-state index contributed by atoms with van der Waals surface area (Å²) in [5.74, 6) is -2.00. The molecule has 1 fully saturated rings.